The molecule has 0 radical (unpaired) electrons. The van der Waals surface area contributed by atoms with Crippen molar-refractivity contribution < 1.29 is 9.53 Å². The van der Waals surface area contributed by atoms with Crippen molar-refractivity contribution in [2.24, 2.45) is 0 Å². The highest BCUT2D eigenvalue weighted by Gasteiger charge is 2.06. The number of hydrogen-bond acceptors (Lipinski definition) is 5. The third-order valence-corrected chi connectivity index (χ3v) is 2.54. The molecule has 0 unspecified atom stereocenters. The molecule has 2 N–H and O–H groups in total. The van der Waals surface area contributed by atoms with Crippen molar-refractivity contribution in [1.29, 1.82) is 0 Å². The van der Waals surface area contributed by atoms with Crippen LogP contribution < -0.4 is 5.73 Å². The Kier molecular flexibility index (Phi) is 3.93. The highest BCUT2D eigenvalue weighted by molar-refractivity contribution is 9.10. The van der Waals surface area contributed by atoms with Crippen molar-refractivity contribution in [3.05, 3.63) is 40.9 Å². The molecular formula is C11H11BrN4O2. The second-order valence-corrected chi connectivity index (χ2v) is 4.56. The zero-order chi connectivity index (χ0) is 13.0. The summed E-state index contributed by atoms with van der Waals surface area (Å²) in [6, 6.07) is 1.84. The molecule has 2 aromatic rings. The Morgan fingerprint density at radius 1 is 1.44 bits per heavy atom. The molecule has 0 aliphatic heterocycles. The number of rotatable bonds is 4. The summed E-state index contributed by atoms with van der Waals surface area (Å²) in [6.45, 7) is 0.223. The van der Waals surface area contributed by atoms with Crippen molar-refractivity contribution in [1.82, 2.24) is 14.8 Å². The van der Waals surface area contributed by atoms with Gasteiger partial charge in [-0.15, -0.1) is 0 Å². The molecule has 0 atom stereocenters. The fraction of sp³-hybridized carbons (Fsp3) is 0.182. The molecule has 0 fully saturated rings. The molecule has 2 heterocycles. The highest BCUT2D eigenvalue weighted by atomic mass is 79.9. The molecule has 2 rings (SSSR count). The minimum atomic E-state index is -0.377. The first-order chi connectivity index (χ1) is 8.63. The van der Waals surface area contributed by atoms with Crippen molar-refractivity contribution in [3.8, 4) is 0 Å². The van der Waals surface area contributed by atoms with E-state index in [4.69, 9.17) is 10.5 Å². The lowest BCUT2D eigenvalue weighted by Crippen LogP contribution is -2.13. The molecule has 0 spiro atoms. The molecule has 6 nitrogen and oxygen atoms in total. The van der Waals surface area contributed by atoms with E-state index in [0.29, 0.717) is 5.69 Å². The zero-order valence-electron chi connectivity index (χ0n) is 9.41. The van der Waals surface area contributed by atoms with E-state index in [9.17, 15) is 4.79 Å². The van der Waals surface area contributed by atoms with Gasteiger partial charge >= 0.3 is 5.97 Å². The standard InChI is InChI=1S/C11H11BrN4O2/c12-9-1-8(2-14-3-9)7-18-11(17)6-16-5-10(13)4-15-16/h1-5H,6-7,13H2. The first-order valence-corrected chi connectivity index (χ1v) is 5.96. The van der Waals surface area contributed by atoms with E-state index >= 15 is 0 Å². The average molecular weight is 311 g/mol. The maximum atomic E-state index is 11.5. The SMILES string of the molecule is Nc1cnn(CC(=O)OCc2cncc(Br)c2)c1. The number of carbonyl (C=O) groups excluding carboxylic acids is 1. The summed E-state index contributed by atoms with van der Waals surface area (Å²) in [4.78, 5) is 15.5. The van der Waals surface area contributed by atoms with Crippen LogP contribution in [-0.2, 0) is 22.7 Å². The summed E-state index contributed by atoms with van der Waals surface area (Å²) in [7, 11) is 0. The van der Waals surface area contributed by atoms with E-state index in [2.05, 4.69) is 26.0 Å². The molecule has 0 amide bonds. The van der Waals surface area contributed by atoms with Gasteiger partial charge in [-0.2, -0.15) is 5.10 Å². The number of anilines is 1. The number of esters is 1. The number of aromatic nitrogens is 3. The molecule has 2 aromatic heterocycles. The van der Waals surface area contributed by atoms with Crippen LogP contribution in [0.5, 0.6) is 0 Å². The van der Waals surface area contributed by atoms with E-state index < -0.39 is 0 Å². The van der Waals surface area contributed by atoms with Gasteiger partial charge in [-0.25, -0.2) is 0 Å². The number of carbonyl (C=O) groups is 1. The lowest BCUT2D eigenvalue weighted by Gasteiger charge is -2.05. The van der Waals surface area contributed by atoms with E-state index in [0.717, 1.165) is 10.0 Å². The van der Waals surface area contributed by atoms with Crippen molar-refractivity contribution >= 4 is 27.6 Å². The zero-order valence-corrected chi connectivity index (χ0v) is 11.0. The Morgan fingerprint density at radius 2 is 2.28 bits per heavy atom. The van der Waals surface area contributed by atoms with Crippen LogP contribution >= 0.6 is 15.9 Å². The minimum Gasteiger partial charge on any atom is -0.459 e. The Hall–Kier alpha value is -1.89. The van der Waals surface area contributed by atoms with Crippen LogP contribution in [0.3, 0.4) is 0 Å². The lowest BCUT2D eigenvalue weighted by atomic mass is 10.3. The van der Waals surface area contributed by atoms with Crippen LogP contribution in [0, 0.1) is 0 Å². The van der Waals surface area contributed by atoms with Gasteiger partial charge in [0, 0.05) is 28.6 Å². The molecule has 18 heavy (non-hydrogen) atoms. The Bertz CT molecular complexity index is 555. The quantitative estimate of drug-likeness (QED) is 0.862. The van der Waals surface area contributed by atoms with Crippen LogP contribution in [0.2, 0.25) is 0 Å². The number of halogens is 1. The number of nitrogens with two attached hydrogens (primary N) is 1. The maximum Gasteiger partial charge on any atom is 0.328 e. The number of pyridine rings is 1. The molecular weight excluding hydrogens is 300 g/mol. The van der Waals surface area contributed by atoms with Crippen LogP contribution in [0.4, 0.5) is 5.69 Å². The number of nitrogens with zero attached hydrogens (tertiary/aromatic N) is 3. The van der Waals surface area contributed by atoms with Crippen molar-refractivity contribution in [2.75, 3.05) is 5.73 Å². The maximum absolute atomic E-state index is 11.5. The van der Waals surface area contributed by atoms with Gasteiger partial charge in [-0.3, -0.25) is 14.5 Å². The van der Waals surface area contributed by atoms with Crippen LogP contribution in [-0.4, -0.2) is 20.7 Å². The van der Waals surface area contributed by atoms with Gasteiger partial charge in [0.05, 0.1) is 11.9 Å². The minimum absolute atomic E-state index is 0.0403. The van der Waals surface area contributed by atoms with Gasteiger partial charge in [-0.1, -0.05) is 0 Å². The number of nitrogen functional groups attached to an aromatic ring is 1. The summed E-state index contributed by atoms with van der Waals surface area (Å²) in [5.41, 5.74) is 6.82. The molecule has 0 bridgehead atoms. The highest BCUT2D eigenvalue weighted by Crippen LogP contribution is 2.10. The van der Waals surface area contributed by atoms with E-state index in [1.54, 1.807) is 18.6 Å². The van der Waals surface area contributed by atoms with E-state index in [1.165, 1.54) is 10.9 Å². The van der Waals surface area contributed by atoms with Gasteiger partial charge in [0.2, 0.25) is 0 Å². The smallest absolute Gasteiger partial charge is 0.328 e. The normalized spacial score (nSPS) is 10.3. The second-order valence-electron chi connectivity index (χ2n) is 3.64. The third kappa shape index (κ3) is 3.56. The summed E-state index contributed by atoms with van der Waals surface area (Å²) < 4.78 is 7.37. The van der Waals surface area contributed by atoms with Crippen LogP contribution in [0.1, 0.15) is 5.56 Å². The molecule has 0 aliphatic rings. The topological polar surface area (TPSA) is 83.0 Å². The first-order valence-electron chi connectivity index (χ1n) is 5.16. The third-order valence-electron chi connectivity index (χ3n) is 2.11. The van der Waals surface area contributed by atoms with Gasteiger partial charge in [0.25, 0.3) is 0 Å². The number of ether oxygens (including phenoxy) is 1. The summed E-state index contributed by atoms with van der Waals surface area (Å²) in [5.74, 6) is -0.377. The van der Waals surface area contributed by atoms with Crippen molar-refractivity contribution in [2.45, 2.75) is 13.2 Å². The van der Waals surface area contributed by atoms with Gasteiger partial charge < -0.3 is 10.5 Å². The molecule has 0 aliphatic carbocycles. The molecule has 94 valence electrons. The second kappa shape index (κ2) is 5.63. The van der Waals surface area contributed by atoms with Gasteiger partial charge in [0.1, 0.15) is 13.2 Å². The van der Waals surface area contributed by atoms with Crippen LogP contribution in [0.15, 0.2) is 35.3 Å². The summed E-state index contributed by atoms with van der Waals surface area (Å²) >= 11 is 3.29. The molecule has 0 saturated heterocycles. The molecule has 0 aromatic carbocycles. The average Bonchev–Trinajstić information content (AvgIpc) is 2.72. The summed E-state index contributed by atoms with van der Waals surface area (Å²) in [5, 5.41) is 3.90. The van der Waals surface area contributed by atoms with E-state index in [-0.39, 0.29) is 19.1 Å². The first kappa shape index (κ1) is 12.6. The summed E-state index contributed by atoms with van der Waals surface area (Å²) in [6.07, 6.45) is 6.36. The Balaban J connectivity index is 1.85. The predicted molar refractivity (Wildman–Crippen MR) is 68.4 cm³/mol. The monoisotopic (exact) mass is 310 g/mol. The Morgan fingerprint density at radius 3 is 2.94 bits per heavy atom. The molecule has 7 heteroatoms. The van der Waals surface area contributed by atoms with Crippen molar-refractivity contribution in [3.63, 3.8) is 0 Å². The number of hydrogen-bond donors (Lipinski definition) is 1. The van der Waals surface area contributed by atoms with Gasteiger partial charge in [-0.05, 0) is 22.0 Å². The van der Waals surface area contributed by atoms with E-state index in [1.807, 2.05) is 6.07 Å². The Labute approximate surface area is 112 Å². The fourth-order valence-corrected chi connectivity index (χ4v) is 1.75. The van der Waals surface area contributed by atoms with Gasteiger partial charge in [0.15, 0.2) is 0 Å². The molecule has 0 saturated carbocycles. The largest absolute Gasteiger partial charge is 0.459 e. The predicted octanol–water partition coefficient (Wildman–Crippen LogP) is 1.37. The van der Waals surface area contributed by atoms with Crippen LogP contribution in [0.25, 0.3) is 0 Å². The fourth-order valence-electron chi connectivity index (χ4n) is 1.34. The lowest BCUT2D eigenvalue weighted by molar-refractivity contribution is -0.145.